The average Bonchev–Trinajstić information content (AvgIpc) is 2.84. The van der Waals surface area contributed by atoms with Crippen LogP contribution in [0.15, 0.2) is 39.0 Å². The highest BCUT2D eigenvalue weighted by atomic mass is 79.9. The molecule has 0 saturated carbocycles. The molecule has 2 rings (SSSR count). The molecule has 0 saturated heterocycles. The Morgan fingerprint density at radius 1 is 1.35 bits per heavy atom. The van der Waals surface area contributed by atoms with Gasteiger partial charge in [-0.2, -0.15) is 0 Å². The van der Waals surface area contributed by atoms with Gasteiger partial charge >= 0.3 is 0 Å². The number of hydrogen-bond acceptors (Lipinski definition) is 4. The second-order valence-corrected chi connectivity index (χ2v) is 7.80. The lowest BCUT2D eigenvalue weighted by atomic mass is 10.3. The van der Waals surface area contributed by atoms with E-state index in [1.807, 2.05) is 0 Å². The van der Waals surface area contributed by atoms with Crippen LogP contribution in [-0.4, -0.2) is 15.5 Å². The van der Waals surface area contributed by atoms with E-state index >= 15 is 0 Å². The number of benzene rings is 1. The summed E-state index contributed by atoms with van der Waals surface area (Å²) in [6, 6.07) is 6.61. The van der Waals surface area contributed by atoms with Crippen molar-refractivity contribution in [1.82, 2.24) is 5.32 Å². The minimum absolute atomic E-state index is 0.281. The van der Waals surface area contributed by atoms with E-state index in [2.05, 4.69) is 26.0 Å². The van der Waals surface area contributed by atoms with Crippen LogP contribution in [0.4, 0.5) is 5.69 Å². The van der Waals surface area contributed by atoms with Gasteiger partial charge in [0.25, 0.3) is 10.0 Å². The quantitative estimate of drug-likeness (QED) is 0.812. The standard InChI is InChI=1S/C12H12BrClN2O2S2/c1-15-7-10-11(5-6-19-10)20(17,18)16-9-4-2-3-8(14)12(9)13/h2-6,15-16H,7H2,1H3. The minimum atomic E-state index is -3.63. The molecule has 1 heterocycles. The maximum Gasteiger partial charge on any atom is 0.263 e. The van der Waals surface area contributed by atoms with E-state index in [0.717, 1.165) is 4.88 Å². The van der Waals surface area contributed by atoms with Gasteiger partial charge in [-0.3, -0.25) is 4.72 Å². The normalized spacial score (nSPS) is 11.6. The lowest BCUT2D eigenvalue weighted by Gasteiger charge is -2.11. The Hall–Kier alpha value is -0.600. The predicted octanol–water partition coefficient (Wildman–Crippen LogP) is 3.68. The van der Waals surface area contributed by atoms with Gasteiger partial charge in [-0.25, -0.2) is 8.42 Å². The Labute approximate surface area is 135 Å². The molecule has 0 aliphatic heterocycles. The van der Waals surface area contributed by atoms with E-state index in [-0.39, 0.29) is 4.90 Å². The van der Waals surface area contributed by atoms with Crippen molar-refractivity contribution >= 4 is 54.6 Å². The van der Waals surface area contributed by atoms with Gasteiger partial charge in [0.2, 0.25) is 0 Å². The molecule has 0 atom stereocenters. The summed E-state index contributed by atoms with van der Waals surface area (Å²) < 4.78 is 27.9. The topological polar surface area (TPSA) is 58.2 Å². The number of nitrogens with one attached hydrogen (secondary N) is 2. The Bertz CT molecular complexity index is 716. The second-order valence-electron chi connectivity index (χ2n) is 3.95. The molecule has 2 N–H and O–H groups in total. The van der Waals surface area contributed by atoms with Gasteiger partial charge in [0.15, 0.2) is 0 Å². The molecule has 1 aromatic carbocycles. The summed E-state index contributed by atoms with van der Waals surface area (Å²) in [7, 11) is -1.86. The van der Waals surface area contributed by atoms with Crippen LogP contribution in [-0.2, 0) is 16.6 Å². The number of halogens is 2. The van der Waals surface area contributed by atoms with Gasteiger partial charge in [0.1, 0.15) is 4.90 Å². The molecule has 0 unspecified atom stereocenters. The monoisotopic (exact) mass is 394 g/mol. The molecule has 1 aromatic heterocycles. The SMILES string of the molecule is CNCc1sccc1S(=O)(=O)Nc1cccc(Cl)c1Br. The molecule has 0 aliphatic carbocycles. The Morgan fingerprint density at radius 3 is 2.80 bits per heavy atom. The van der Waals surface area contributed by atoms with Crippen LogP contribution in [0.3, 0.4) is 0 Å². The molecule has 0 radical (unpaired) electrons. The number of anilines is 1. The minimum Gasteiger partial charge on any atom is -0.315 e. The van der Waals surface area contributed by atoms with E-state index in [0.29, 0.717) is 21.7 Å². The van der Waals surface area contributed by atoms with Gasteiger partial charge in [-0.15, -0.1) is 11.3 Å². The first-order valence-electron chi connectivity index (χ1n) is 5.63. The molecule has 108 valence electrons. The summed E-state index contributed by atoms with van der Waals surface area (Å²) >= 11 is 10.6. The molecule has 20 heavy (non-hydrogen) atoms. The van der Waals surface area contributed by atoms with Crippen LogP contribution in [0, 0.1) is 0 Å². The molecule has 2 aromatic rings. The maximum absolute atomic E-state index is 12.4. The highest BCUT2D eigenvalue weighted by molar-refractivity contribution is 9.10. The zero-order valence-corrected chi connectivity index (χ0v) is 14.5. The Morgan fingerprint density at radius 2 is 2.10 bits per heavy atom. The first kappa shape index (κ1) is 15.8. The van der Waals surface area contributed by atoms with Crippen molar-refractivity contribution in [3.8, 4) is 0 Å². The zero-order chi connectivity index (χ0) is 14.8. The van der Waals surface area contributed by atoms with Crippen molar-refractivity contribution in [2.24, 2.45) is 0 Å². The van der Waals surface area contributed by atoms with Gasteiger partial charge in [-0.1, -0.05) is 17.7 Å². The van der Waals surface area contributed by atoms with Crippen molar-refractivity contribution in [1.29, 1.82) is 0 Å². The summed E-state index contributed by atoms with van der Waals surface area (Å²) in [6.07, 6.45) is 0. The average molecular weight is 396 g/mol. The first-order chi connectivity index (χ1) is 9.45. The van der Waals surface area contributed by atoms with E-state index in [1.165, 1.54) is 11.3 Å². The van der Waals surface area contributed by atoms with Gasteiger partial charge in [0.05, 0.1) is 15.2 Å². The van der Waals surface area contributed by atoms with Crippen molar-refractivity contribution in [2.75, 3.05) is 11.8 Å². The Kier molecular flexibility index (Phi) is 5.09. The zero-order valence-electron chi connectivity index (χ0n) is 10.5. The van der Waals surface area contributed by atoms with Crippen molar-refractivity contribution in [3.63, 3.8) is 0 Å². The number of sulfonamides is 1. The molecule has 0 bridgehead atoms. The molecule has 0 amide bonds. The fraction of sp³-hybridized carbons (Fsp3) is 0.167. The largest absolute Gasteiger partial charge is 0.315 e. The number of thiophene rings is 1. The third kappa shape index (κ3) is 3.35. The smallest absolute Gasteiger partial charge is 0.263 e. The molecular weight excluding hydrogens is 384 g/mol. The second kappa shape index (κ2) is 6.44. The summed E-state index contributed by atoms with van der Waals surface area (Å²) in [6.45, 7) is 0.505. The summed E-state index contributed by atoms with van der Waals surface area (Å²) in [4.78, 5) is 1.04. The highest BCUT2D eigenvalue weighted by Crippen LogP contribution is 2.32. The lowest BCUT2D eigenvalue weighted by molar-refractivity contribution is 0.600. The molecule has 8 heteroatoms. The first-order valence-corrected chi connectivity index (χ1v) is 9.17. The summed E-state index contributed by atoms with van der Waals surface area (Å²) in [5.41, 5.74) is 0.416. The van der Waals surface area contributed by atoms with Crippen LogP contribution in [0.25, 0.3) is 0 Å². The van der Waals surface area contributed by atoms with E-state index in [9.17, 15) is 8.42 Å². The van der Waals surface area contributed by atoms with Gasteiger partial charge < -0.3 is 5.32 Å². The van der Waals surface area contributed by atoms with Crippen LogP contribution in [0.2, 0.25) is 5.02 Å². The third-order valence-corrected chi connectivity index (χ3v) is 6.43. The molecule has 4 nitrogen and oxygen atoms in total. The molecular formula is C12H12BrClN2O2S2. The fourth-order valence-electron chi connectivity index (χ4n) is 1.64. The van der Waals surface area contributed by atoms with E-state index < -0.39 is 10.0 Å². The highest BCUT2D eigenvalue weighted by Gasteiger charge is 2.20. The van der Waals surface area contributed by atoms with E-state index in [1.54, 1.807) is 36.7 Å². The third-order valence-electron chi connectivity index (χ3n) is 2.53. The molecule has 0 spiro atoms. The van der Waals surface area contributed by atoms with Crippen molar-refractivity contribution in [3.05, 3.63) is 44.0 Å². The Balaban J connectivity index is 2.36. The number of hydrogen-bond donors (Lipinski definition) is 2. The van der Waals surface area contributed by atoms with Crippen molar-refractivity contribution < 1.29 is 8.42 Å². The van der Waals surface area contributed by atoms with Crippen LogP contribution in [0.1, 0.15) is 4.88 Å². The van der Waals surface area contributed by atoms with E-state index in [4.69, 9.17) is 11.6 Å². The number of rotatable bonds is 5. The lowest BCUT2D eigenvalue weighted by Crippen LogP contribution is -2.16. The van der Waals surface area contributed by atoms with Crippen LogP contribution in [0.5, 0.6) is 0 Å². The fourth-order valence-corrected chi connectivity index (χ4v) is 4.84. The van der Waals surface area contributed by atoms with Gasteiger partial charge in [0, 0.05) is 11.4 Å². The van der Waals surface area contributed by atoms with Crippen LogP contribution < -0.4 is 10.0 Å². The summed E-state index contributed by atoms with van der Waals surface area (Å²) in [5.74, 6) is 0. The molecule has 0 fully saturated rings. The van der Waals surface area contributed by atoms with Gasteiger partial charge in [-0.05, 0) is 46.6 Å². The maximum atomic E-state index is 12.4. The predicted molar refractivity (Wildman–Crippen MR) is 87.0 cm³/mol. The van der Waals surface area contributed by atoms with Crippen molar-refractivity contribution in [2.45, 2.75) is 11.4 Å². The van der Waals surface area contributed by atoms with Crippen LogP contribution >= 0.6 is 38.9 Å². The molecule has 0 aliphatic rings. The summed E-state index contributed by atoms with van der Waals surface area (Å²) in [5, 5.41) is 5.16.